The Hall–Kier alpha value is -2.46. The molecule has 0 bridgehead atoms. The number of aliphatic hydroxyl groups is 1. The van der Waals surface area contributed by atoms with Gasteiger partial charge >= 0.3 is 0 Å². The highest BCUT2D eigenvalue weighted by molar-refractivity contribution is 5.91. The fourth-order valence-electron chi connectivity index (χ4n) is 1.79. The fraction of sp³-hybridized carbons (Fsp3) is 0.125. The first-order valence-electron chi connectivity index (χ1n) is 6.34. The Balaban J connectivity index is 1.98. The van der Waals surface area contributed by atoms with E-state index in [4.69, 9.17) is 0 Å². The molecule has 0 aliphatic rings. The predicted molar refractivity (Wildman–Crippen MR) is 77.7 cm³/mol. The Morgan fingerprint density at radius 1 is 1.25 bits per heavy atom. The molecule has 1 atom stereocenters. The van der Waals surface area contributed by atoms with Gasteiger partial charge in [0.1, 0.15) is 0 Å². The van der Waals surface area contributed by atoms with Crippen LogP contribution in [-0.2, 0) is 4.79 Å². The Bertz CT molecular complexity index is 568. The monoisotopic (exact) mass is 268 g/mol. The number of rotatable bonds is 5. The van der Waals surface area contributed by atoms with E-state index in [2.05, 4.69) is 10.3 Å². The molecule has 0 spiro atoms. The van der Waals surface area contributed by atoms with Gasteiger partial charge in [0.2, 0.25) is 5.91 Å². The largest absolute Gasteiger partial charge is 0.394 e. The zero-order chi connectivity index (χ0) is 14.2. The number of nitrogens with zero attached hydrogens (tertiary/aromatic N) is 1. The second-order valence-corrected chi connectivity index (χ2v) is 4.27. The van der Waals surface area contributed by atoms with E-state index in [1.54, 1.807) is 24.5 Å². The molecular formula is C16H16N2O2. The van der Waals surface area contributed by atoms with Crippen molar-refractivity contribution in [3.05, 3.63) is 72.1 Å². The third kappa shape index (κ3) is 4.03. The van der Waals surface area contributed by atoms with E-state index in [0.29, 0.717) is 0 Å². The topological polar surface area (TPSA) is 62.2 Å². The van der Waals surface area contributed by atoms with Gasteiger partial charge in [-0.15, -0.1) is 0 Å². The summed E-state index contributed by atoms with van der Waals surface area (Å²) in [5.41, 5.74) is 1.72. The first kappa shape index (κ1) is 14.0. The van der Waals surface area contributed by atoms with Crippen LogP contribution in [0.1, 0.15) is 17.2 Å². The van der Waals surface area contributed by atoms with E-state index in [-0.39, 0.29) is 12.5 Å². The molecule has 20 heavy (non-hydrogen) atoms. The minimum atomic E-state index is -0.401. The second kappa shape index (κ2) is 7.21. The number of pyridine rings is 1. The van der Waals surface area contributed by atoms with Crippen LogP contribution in [0.15, 0.2) is 60.9 Å². The van der Waals surface area contributed by atoms with Crippen molar-refractivity contribution < 1.29 is 9.90 Å². The summed E-state index contributed by atoms with van der Waals surface area (Å²) in [7, 11) is 0. The van der Waals surface area contributed by atoms with Gasteiger partial charge in [-0.1, -0.05) is 36.4 Å². The zero-order valence-corrected chi connectivity index (χ0v) is 10.9. The number of carbonyl (C=O) groups excluding carboxylic acids is 1. The summed E-state index contributed by atoms with van der Waals surface area (Å²) in [4.78, 5) is 15.8. The van der Waals surface area contributed by atoms with Crippen LogP contribution < -0.4 is 5.32 Å². The third-order valence-electron chi connectivity index (χ3n) is 2.81. The number of amides is 1. The molecule has 2 aromatic rings. The van der Waals surface area contributed by atoms with Crippen LogP contribution >= 0.6 is 0 Å². The van der Waals surface area contributed by atoms with Gasteiger partial charge in [0.25, 0.3) is 0 Å². The van der Waals surface area contributed by atoms with E-state index in [1.165, 1.54) is 6.08 Å². The molecule has 1 heterocycles. The lowest BCUT2D eigenvalue weighted by molar-refractivity contribution is -0.117. The van der Waals surface area contributed by atoms with Crippen molar-refractivity contribution >= 4 is 12.0 Å². The van der Waals surface area contributed by atoms with Gasteiger partial charge in [0, 0.05) is 18.5 Å². The zero-order valence-electron chi connectivity index (χ0n) is 10.9. The van der Waals surface area contributed by atoms with Gasteiger partial charge in [-0.25, -0.2) is 0 Å². The van der Waals surface area contributed by atoms with E-state index < -0.39 is 6.04 Å². The molecule has 0 aliphatic carbocycles. The van der Waals surface area contributed by atoms with Crippen LogP contribution in [0.2, 0.25) is 0 Å². The Morgan fingerprint density at radius 2 is 2.05 bits per heavy atom. The van der Waals surface area contributed by atoms with Crippen molar-refractivity contribution in [3.63, 3.8) is 0 Å². The summed E-state index contributed by atoms with van der Waals surface area (Å²) >= 11 is 0. The summed E-state index contributed by atoms with van der Waals surface area (Å²) < 4.78 is 0. The molecule has 2 rings (SSSR count). The summed E-state index contributed by atoms with van der Waals surface area (Å²) in [6, 6.07) is 12.6. The molecule has 0 unspecified atom stereocenters. The molecular weight excluding hydrogens is 252 g/mol. The van der Waals surface area contributed by atoms with E-state index in [0.717, 1.165) is 11.1 Å². The summed E-state index contributed by atoms with van der Waals surface area (Å²) in [5.74, 6) is -0.253. The van der Waals surface area contributed by atoms with Crippen LogP contribution in [0.5, 0.6) is 0 Å². The van der Waals surface area contributed by atoms with Crippen LogP contribution in [-0.4, -0.2) is 22.6 Å². The highest BCUT2D eigenvalue weighted by Crippen LogP contribution is 2.11. The number of aliphatic hydroxyl groups excluding tert-OH is 1. The van der Waals surface area contributed by atoms with Crippen LogP contribution in [0.4, 0.5) is 0 Å². The van der Waals surface area contributed by atoms with E-state index in [1.807, 2.05) is 36.4 Å². The quantitative estimate of drug-likeness (QED) is 0.815. The molecule has 0 saturated heterocycles. The smallest absolute Gasteiger partial charge is 0.244 e. The first-order chi connectivity index (χ1) is 9.79. The average molecular weight is 268 g/mol. The lowest BCUT2D eigenvalue weighted by Crippen LogP contribution is -2.29. The Labute approximate surface area is 117 Å². The van der Waals surface area contributed by atoms with Crippen LogP contribution in [0.3, 0.4) is 0 Å². The molecule has 1 amide bonds. The van der Waals surface area contributed by atoms with Gasteiger partial charge < -0.3 is 10.4 Å². The predicted octanol–water partition coefficient (Wildman–Crippen LogP) is 1.94. The molecule has 4 nitrogen and oxygen atoms in total. The van der Waals surface area contributed by atoms with Gasteiger partial charge in [0.05, 0.1) is 12.6 Å². The van der Waals surface area contributed by atoms with Crippen molar-refractivity contribution in [3.8, 4) is 0 Å². The van der Waals surface area contributed by atoms with Gasteiger partial charge in [-0.3, -0.25) is 9.78 Å². The van der Waals surface area contributed by atoms with E-state index >= 15 is 0 Å². The number of nitrogens with one attached hydrogen (secondary N) is 1. The average Bonchev–Trinajstić information content (AvgIpc) is 2.52. The highest BCUT2D eigenvalue weighted by Gasteiger charge is 2.11. The van der Waals surface area contributed by atoms with Gasteiger partial charge in [0.15, 0.2) is 0 Å². The molecule has 1 aromatic heterocycles. The normalized spacial score (nSPS) is 12.2. The molecule has 0 saturated carbocycles. The second-order valence-electron chi connectivity index (χ2n) is 4.27. The molecule has 0 aliphatic heterocycles. The number of hydrogen-bond donors (Lipinski definition) is 2. The SMILES string of the molecule is O=C(/C=C/c1cccnc1)N[C@H](CO)c1ccccc1. The Morgan fingerprint density at radius 3 is 2.70 bits per heavy atom. The minimum absolute atomic E-state index is 0.142. The Kier molecular flexibility index (Phi) is 5.03. The fourth-order valence-corrected chi connectivity index (χ4v) is 1.79. The molecule has 1 aromatic carbocycles. The standard InChI is InChI=1S/C16H16N2O2/c19-12-15(14-6-2-1-3-7-14)18-16(20)9-8-13-5-4-10-17-11-13/h1-11,15,19H,12H2,(H,18,20)/b9-8+/t15-/m1/s1. The van der Waals surface area contributed by atoms with Crippen molar-refractivity contribution in [1.82, 2.24) is 10.3 Å². The number of benzene rings is 1. The lowest BCUT2D eigenvalue weighted by Gasteiger charge is -2.15. The molecule has 0 fully saturated rings. The van der Waals surface area contributed by atoms with Crippen molar-refractivity contribution in [2.75, 3.05) is 6.61 Å². The molecule has 4 heteroatoms. The summed E-state index contributed by atoms with van der Waals surface area (Å²) in [6.07, 6.45) is 6.46. The van der Waals surface area contributed by atoms with E-state index in [9.17, 15) is 9.90 Å². The van der Waals surface area contributed by atoms with Crippen molar-refractivity contribution in [1.29, 1.82) is 0 Å². The highest BCUT2D eigenvalue weighted by atomic mass is 16.3. The summed E-state index contributed by atoms with van der Waals surface area (Å²) in [5, 5.41) is 12.1. The maximum atomic E-state index is 11.8. The first-order valence-corrected chi connectivity index (χ1v) is 6.34. The van der Waals surface area contributed by atoms with Crippen molar-refractivity contribution in [2.45, 2.75) is 6.04 Å². The molecule has 0 radical (unpaired) electrons. The number of hydrogen-bond acceptors (Lipinski definition) is 3. The van der Waals surface area contributed by atoms with Crippen LogP contribution in [0.25, 0.3) is 6.08 Å². The number of aromatic nitrogens is 1. The maximum Gasteiger partial charge on any atom is 0.244 e. The third-order valence-corrected chi connectivity index (χ3v) is 2.81. The maximum absolute atomic E-state index is 11.8. The minimum Gasteiger partial charge on any atom is -0.394 e. The lowest BCUT2D eigenvalue weighted by atomic mass is 10.1. The molecule has 2 N–H and O–H groups in total. The molecule has 102 valence electrons. The van der Waals surface area contributed by atoms with Gasteiger partial charge in [-0.2, -0.15) is 0 Å². The van der Waals surface area contributed by atoms with Crippen LogP contribution in [0, 0.1) is 0 Å². The van der Waals surface area contributed by atoms with Gasteiger partial charge in [-0.05, 0) is 23.3 Å². The summed E-state index contributed by atoms with van der Waals surface area (Å²) in [6.45, 7) is -0.142. The number of carbonyl (C=O) groups is 1. The van der Waals surface area contributed by atoms with Crippen molar-refractivity contribution in [2.24, 2.45) is 0 Å².